The van der Waals surface area contributed by atoms with Crippen LogP contribution in [0.2, 0.25) is 0 Å². The molecule has 1 aromatic carbocycles. The van der Waals surface area contributed by atoms with Crippen molar-refractivity contribution in [3.8, 4) is 0 Å². The van der Waals surface area contributed by atoms with Gasteiger partial charge in [-0.3, -0.25) is 0 Å². The van der Waals surface area contributed by atoms with Crippen molar-refractivity contribution in [3.63, 3.8) is 0 Å². The molecule has 2 aromatic rings. The monoisotopic (exact) mass is 312 g/mol. The van der Waals surface area contributed by atoms with Crippen LogP contribution < -0.4 is 5.73 Å². The minimum Gasteiger partial charge on any atom is -0.326 e. The zero-order chi connectivity index (χ0) is 12.4. The zero-order valence-corrected chi connectivity index (χ0v) is 12.0. The zero-order valence-electron chi connectivity index (χ0n) is 9.64. The second kappa shape index (κ2) is 5.20. The summed E-state index contributed by atoms with van der Waals surface area (Å²) in [5.74, 6) is 0.904. The molecule has 0 aliphatic heterocycles. The maximum absolute atomic E-state index is 5.65. The molecule has 0 saturated carbocycles. The molecule has 6 heteroatoms. The Morgan fingerprint density at radius 1 is 1.35 bits per heavy atom. The van der Waals surface area contributed by atoms with E-state index in [1.54, 1.807) is 11.8 Å². The van der Waals surface area contributed by atoms with Crippen LogP contribution in [0.25, 0.3) is 0 Å². The molecule has 17 heavy (non-hydrogen) atoms. The van der Waals surface area contributed by atoms with E-state index in [4.69, 9.17) is 5.73 Å². The van der Waals surface area contributed by atoms with E-state index in [-0.39, 0.29) is 0 Å². The van der Waals surface area contributed by atoms with Crippen LogP contribution in [0, 0.1) is 6.92 Å². The van der Waals surface area contributed by atoms with Gasteiger partial charge in [0.25, 0.3) is 0 Å². The van der Waals surface area contributed by atoms with Gasteiger partial charge in [0.05, 0.1) is 0 Å². The Balaban J connectivity index is 2.29. The number of nitrogens with two attached hydrogens (primary N) is 1. The third-order valence-corrected chi connectivity index (χ3v) is 3.90. The molecule has 0 bridgehead atoms. The molecule has 0 aliphatic rings. The number of hydrogen-bond acceptors (Lipinski definition) is 4. The lowest BCUT2D eigenvalue weighted by Crippen LogP contribution is -1.97. The first-order valence-electron chi connectivity index (χ1n) is 5.13. The summed E-state index contributed by atoms with van der Waals surface area (Å²) in [6.07, 6.45) is 0. The minimum absolute atomic E-state index is 0.533. The Morgan fingerprint density at radius 3 is 2.71 bits per heavy atom. The summed E-state index contributed by atoms with van der Waals surface area (Å²) in [4.78, 5) is 1.11. The number of benzene rings is 1. The van der Waals surface area contributed by atoms with Gasteiger partial charge in [-0.05, 0) is 42.4 Å². The van der Waals surface area contributed by atoms with Crippen LogP contribution in [0.3, 0.4) is 0 Å². The number of hydrogen-bond donors (Lipinski definition) is 1. The molecule has 2 N–H and O–H groups in total. The van der Waals surface area contributed by atoms with Crippen LogP contribution in [0.1, 0.15) is 11.4 Å². The maximum Gasteiger partial charge on any atom is 0.195 e. The smallest absolute Gasteiger partial charge is 0.195 e. The second-order valence-electron chi connectivity index (χ2n) is 3.69. The van der Waals surface area contributed by atoms with Crippen molar-refractivity contribution in [2.45, 2.75) is 23.5 Å². The average molecular weight is 313 g/mol. The van der Waals surface area contributed by atoms with Crippen molar-refractivity contribution < 1.29 is 0 Å². The minimum atomic E-state index is 0.533. The number of aromatic nitrogens is 3. The van der Waals surface area contributed by atoms with Gasteiger partial charge in [-0.15, -0.1) is 10.2 Å². The molecule has 0 radical (unpaired) electrons. The molecule has 0 amide bonds. The van der Waals surface area contributed by atoms with Gasteiger partial charge in [-0.1, -0.05) is 15.9 Å². The van der Waals surface area contributed by atoms with Crippen molar-refractivity contribution in [1.29, 1.82) is 0 Å². The topological polar surface area (TPSA) is 56.7 Å². The van der Waals surface area contributed by atoms with Gasteiger partial charge in [-0.25, -0.2) is 0 Å². The predicted octanol–water partition coefficient (Wildman–Crippen LogP) is 2.50. The Bertz CT molecular complexity index is 538. The fraction of sp³-hybridized carbons (Fsp3) is 0.273. The predicted molar refractivity (Wildman–Crippen MR) is 71.9 cm³/mol. The van der Waals surface area contributed by atoms with Crippen LogP contribution in [0.5, 0.6) is 0 Å². The van der Waals surface area contributed by atoms with Gasteiger partial charge in [0.1, 0.15) is 5.82 Å². The van der Waals surface area contributed by atoms with Crippen molar-refractivity contribution >= 4 is 27.7 Å². The van der Waals surface area contributed by atoms with E-state index in [0.29, 0.717) is 6.54 Å². The lowest BCUT2D eigenvalue weighted by Gasteiger charge is -2.05. The first kappa shape index (κ1) is 12.6. The number of nitrogens with zero attached hydrogens (tertiary/aromatic N) is 3. The molecule has 1 heterocycles. The van der Waals surface area contributed by atoms with E-state index in [1.165, 1.54) is 0 Å². The largest absolute Gasteiger partial charge is 0.326 e. The summed E-state index contributed by atoms with van der Waals surface area (Å²) < 4.78 is 3.00. The Kier molecular flexibility index (Phi) is 3.86. The van der Waals surface area contributed by atoms with E-state index in [0.717, 1.165) is 25.9 Å². The lowest BCUT2D eigenvalue weighted by atomic mass is 10.2. The number of aryl methyl sites for hydroxylation is 1. The highest BCUT2D eigenvalue weighted by Crippen LogP contribution is 2.29. The summed E-state index contributed by atoms with van der Waals surface area (Å²) in [6, 6.07) is 6.14. The highest BCUT2D eigenvalue weighted by atomic mass is 79.9. The van der Waals surface area contributed by atoms with E-state index in [9.17, 15) is 0 Å². The highest BCUT2D eigenvalue weighted by molar-refractivity contribution is 9.10. The third kappa shape index (κ3) is 2.88. The van der Waals surface area contributed by atoms with Crippen molar-refractivity contribution in [3.05, 3.63) is 34.1 Å². The highest BCUT2D eigenvalue weighted by Gasteiger charge is 2.08. The summed E-state index contributed by atoms with van der Waals surface area (Å²) in [6.45, 7) is 2.47. The Morgan fingerprint density at radius 2 is 2.12 bits per heavy atom. The molecule has 0 spiro atoms. The number of halogens is 1. The molecule has 0 atom stereocenters. The molecule has 4 nitrogen and oxygen atoms in total. The lowest BCUT2D eigenvalue weighted by molar-refractivity contribution is 0.765. The quantitative estimate of drug-likeness (QED) is 0.946. The average Bonchev–Trinajstić information content (AvgIpc) is 2.60. The molecule has 0 aliphatic carbocycles. The van der Waals surface area contributed by atoms with Crippen LogP contribution in [0.15, 0.2) is 32.7 Å². The summed E-state index contributed by atoms with van der Waals surface area (Å²) >= 11 is 5.06. The third-order valence-electron chi connectivity index (χ3n) is 2.43. The number of rotatable bonds is 3. The van der Waals surface area contributed by atoms with Crippen LogP contribution in [-0.4, -0.2) is 14.8 Å². The van der Waals surface area contributed by atoms with Crippen molar-refractivity contribution in [1.82, 2.24) is 14.8 Å². The Hall–Kier alpha value is -0.850. The molecule has 2 rings (SSSR count). The standard InChI is InChI=1S/C11H13BrN4S/c1-7-14-15-11(16(7)2)17-10-4-8(6-13)3-9(12)5-10/h3-5H,6,13H2,1-2H3. The van der Waals surface area contributed by atoms with Gasteiger partial charge in [-0.2, -0.15) is 0 Å². The fourth-order valence-corrected chi connectivity index (χ4v) is 3.03. The maximum atomic E-state index is 5.65. The van der Waals surface area contributed by atoms with E-state index in [2.05, 4.69) is 32.2 Å². The molecule has 1 aromatic heterocycles. The van der Waals surface area contributed by atoms with E-state index < -0.39 is 0 Å². The summed E-state index contributed by atoms with van der Waals surface area (Å²) in [5.41, 5.74) is 6.75. The normalized spacial score (nSPS) is 10.8. The second-order valence-corrected chi connectivity index (χ2v) is 5.65. The summed E-state index contributed by atoms with van der Waals surface area (Å²) in [5, 5.41) is 9.04. The van der Waals surface area contributed by atoms with Crippen LogP contribution in [0.4, 0.5) is 0 Å². The van der Waals surface area contributed by atoms with Gasteiger partial charge in [0, 0.05) is 23.0 Å². The molecule has 90 valence electrons. The van der Waals surface area contributed by atoms with E-state index >= 15 is 0 Å². The fourth-order valence-electron chi connectivity index (χ4n) is 1.38. The first-order valence-corrected chi connectivity index (χ1v) is 6.74. The van der Waals surface area contributed by atoms with Gasteiger partial charge < -0.3 is 10.3 Å². The first-order chi connectivity index (χ1) is 8.10. The van der Waals surface area contributed by atoms with Crippen LogP contribution >= 0.6 is 27.7 Å². The molecular weight excluding hydrogens is 300 g/mol. The molecule has 0 fully saturated rings. The van der Waals surface area contributed by atoms with Gasteiger partial charge >= 0.3 is 0 Å². The Labute approximate surface area is 113 Å². The molecule has 0 saturated heterocycles. The summed E-state index contributed by atoms with van der Waals surface area (Å²) in [7, 11) is 1.96. The SMILES string of the molecule is Cc1nnc(Sc2cc(Br)cc(CN)c2)n1C. The molecular formula is C11H13BrN4S. The molecule has 0 unspecified atom stereocenters. The van der Waals surface area contributed by atoms with Gasteiger partial charge in [0.15, 0.2) is 5.16 Å². The van der Waals surface area contributed by atoms with Crippen molar-refractivity contribution in [2.75, 3.05) is 0 Å². The van der Waals surface area contributed by atoms with Crippen LogP contribution in [-0.2, 0) is 13.6 Å². The van der Waals surface area contributed by atoms with Gasteiger partial charge in [0.2, 0.25) is 0 Å². The van der Waals surface area contributed by atoms with E-state index in [1.807, 2.05) is 30.7 Å². The van der Waals surface area contributed by atoms with Crippen molar-refractivity contribution in [2.24, 2.45) is 12.8 Å².